The van der Waals surface area contributed by atoms with Crippen LogP contribution in [0.15, 0.2) is 0 Å². The molecular weight excluding hydrogens is 183 g/mol. The molecule has 1 aliphatic rings. The minimum absolute atomic E-state index is 0.00799. The van der Waals surface area contributed by atoms with Crippen molar-refractivity contribution in [2.75, 3.05) is 19.6 Å². The number of phosphoric acid groups is 1. The van der Waals surface area contributed by atoms with Crippen molar-refractivity contribution in [3.63, 3.8) is 0 Å². The molecule has 0 aromatic heterocycles. The molecule has 0 aromatic rings. The lowest BCUT2D eigenvalue weighted by molar-refractivity contribution is -0.118. The van der Waals surface area contributed by atoms with Crippen LogP contribution in [0.1, 0.15) is 6.92 Å². The van der Waals surface area contributed by atoms with Crippen molar-refractivity contribution in [1.82, 2.24) is 10.4 Å². The Kier molecular flexibility index (Phi) is 3.22. The summed E-state index contributed by atoms with van der Waals surface area (Å²) >= 11 is 0. The quantitative estimate of drug-likeness (QED) is 0.507. The molecule has 1 heterocycles. The van der Waals surface area contributed by atoms with Gasteiger partial charge >= 0.3 is 7.82 Å². The van der Waals surface area contributed by atoms with Gasteiger partial charge in [-0.05, 0) is 6.92 Å². The number of piperazine rings is 1. The van der Waals surface area contributed by atoms with Crippen molar-refractivity contribution in [1.29, 1.82) is 0 Å². The van der Waals surface area contributed by atoms with Crippen molar-refractivity contribution in [2.24, 2.45) is 0 Å². The van der Waals surface area contributed by atoms with E-state index in [4.69, 9.17) is 9.79 Å². The molecular formula is C5H13N2O4P. The lowest BCUT2D eigenvalue weighted by Crippen LogP contribution is -2.48. The maximum atomic E-state index is 10.5. The fourth-order valence-electron chi connectivity index (χ4n) is 1.08. The molecule has 7 heteroatoms. The summed E-state index contributed by atoms with van der Waals surface area (Å²) in [4.78, 5) is 17.0. The highest BCUT2D eigenvalue weighted by molar-refractivity contribution is 7.46. The van der Waals surface area contributed by atoms with E-state index in [2.05, 4.69) is 9.94 Å². The van der Waals surface area contributed by atoms with Crippen LogP contribution in [0.2, 0.25) is 0 Å². The average Bonchev–Trinajstić information content (AvgIpc) is 1.91. The fraction of sp³-hybridized carbons (Fsp3) is 1.00. The van der Waals surface area contributed by atoms with E-state index in [1.807, 2.05) is 6.92 Å². The van der Waals surface area contributed by atoms with E-state index in [0.29, 0.717) is 19.6 Å². The third-order valence-corrected chi connectivity index (χ3v) is 2.07. The maximum absolute atomic E-state index is 10.5. The molecule has 0 aromatic carbocycles. The molecule has 0 bridgehead atoms. The van der Waals surface area contributed by atoms with Crippen LogP contribution in [0, 0.1) is 0 Å². The van der Waals surface area contributed by atoms with Crippen LogP contribution in [0.25, 0.3) is 0 Å². The van der Waals surface area contributed by atoms with Gasteiger partial charge in [-0.1, -0.05) is 0 Å². The summed E-state index contributed by atoms with van der Waals surface area (Å²) < 4.78 is 14.9. The molecule has 0 radical (unpaired) electrons. The van der Waals surface area contributed by atoms with E-state index in [1.165, 1.54) is 5.06 Å². The van der Waals surface area contributed by atoms with Crippen LogP contribution in [0.4, 0.5) is 0 Å². The third kappa shape index (κ3) is 3.18. The first-order valence-corrected chi connectivity index (χ1v) is 5.25. The van der Waals surface area contributed by atoms with Gasteiger partial charge < -0.3 is 15.1 Å². The van der Waals surface area contributed by atoms with Crippen molar-refractivity contribution < 1.29 is 19.0 Å². The molecule has 1 saturated heterocycles. The summed E-state index contributed by atoms with van der Waals surface area (Å²) in [7, 11) is -4.37. The minimum atomic E-state index is -4.37. The molecule has 0 saturated carbocycles. The standard InChI is InChI=1S/C5H13N2O4P/c1-5-4-6-2-3-7(5)11-12(8,9)10/h5-6H,2-4H2,1H3,(H2,8,9,10). The van der Waals surface area contributed by atoms with E-state index >= 15 is 0 Å². The van der Waals surface area contributed by atoms with Gasteiger partial charge in [0.25, 0.3) is 0 Å². The third-order valence-electron chi connectivity index (χ3n) is 1.65. The molecule has 3 N–H and O–H groups in total. The first-order valence-electron chi connectivity index (χ1n) is 3.71. The number of hydrogen-bond acceptors (Lipinski definition) is 4. The number of hydrogen-bond donors (Lipinski definition) is 3. The molecule has 1 atom stereocenters. The van der Waals surface area contributed by atoms with Crippen molar-refractivity contribution in [3.8, 4) is 0 Å². The summed E-state index contributed by atoms with van der Waals surface area (Å²) in [5.41, 5.74) is 0. The summed E-state index contributed by atoms with van der Waals surface area (Å²) in [5.74, 6) is 0. The molecule has 0 spiro atoms. The molecule has 1 aliphatic heterocycles. The van der Waals surface area contributed by atoms with Gasteiger partial charge in [0.15, 0.2) is 0 Å². The van der Waals surface area contributed by atoms with E-state index in [0.717, 1.165) is 0 Å². The van der Waals surface area contributed by atoms with Gasteiger partial charge in [0.1, 0.15) is 0 Å². The number of nitrogens with zero attached hydrogens (tertiary/aromatic N) is 1. The van der Waals surface area contributed by atoms with Crippen LogP contribution in [-0.2, 0) is 9.19 Å². The Balaban J connectivity index is 2.44. The molecule has 0 amide bonds. The van der Waals surface area contributed by atoms with Gasteiger partial charge in [0, 0.05) is 25.7 Å². The molecule has 1 rings (SSSR count). The molecule has 1 unspecified atom stereocenters. The molecule has 12 heavy (non-hydrogen) atoms. The Morgan fingerprint density at radius 2 is 2.33 bits per heavy atom. The van der Waals surface area contributed by atoms with Gasteiger partial charge in [-0.2, -0.15) is 9.69 Å². The summed E-state index contributed by atoms with van der Waals surface area (Å²) in [5, 5.41) is 4.39. The SMILES string of the molecule is CC1CNCCN1OP(=O)(O)O. The van der Waals surface area contributed by atoms with Gasteiger partial charge in [-0.15, -0.1) is 0 Å². The topological polar surface area (TPSA) is 82.0 Å². The Morgan fingerprint density at radius 3 is 2.83 bits per heavy atom. The van der Waals surface area contributed by atoms with E-state index < -0.39 is 7.82 Å². The summed E-state index contributed by atoms with van der Waals surface area (Å²) in [6, 6.07) is -0.00799. The smallest absolute Gasteiger partial charge is 0.314 e. The monoisotopic (exact) mass is 196 g/mol. The Morgan fingerprint density at radius 1 is 1.67 bits per heavy atom. The largest absolute Gasteiger partial charge is 0.486 e. The second-order valence-corrected chi connectivity index (χ2v) is 3.91. The predicted octanol–water partition coefficient (Wildman–Crippen LogP) is -0.696. The highest BCUT2D eigenvalue weighted by Gasteiger charge is 2.26. The lowest BCUT2D eigenvalue weighted by Gasteiger charge is -2.32. The zero-order chi connectivity index (χ0) is 9.19. The zero-order valence-corrected chi connectivity index (χ0v) is 7.70. The first-order chi connectivity index (χ1) is 5.49. The highest BCUT2D eigenvalue weighted by Crippen LogP contribution is 2.37. The number of nitrogens with one attached hydrogen (secondary N) is 1. The molecule has 72 valence electrons. The van der Waals surface area contributed by atoms with Gasteiger partial charge in [0.05, 0.1) is 0 Å². The van der Waals surface area contributed by atoms with Gasteiger partial charge in [0.2, 0.25) is 0 Å². The Labute approximate surface area is 70.7 Å². The zero-order valence-electron chi connectivity index (χ0n) is 6.80. The van der Waals surface area contributed by atoms with Crippen LogP contribution in [0.5, 0.6) is 0 Å². The van der Waals surface area contributed by atoms with E-state index in [9.17, 15) is 4.57 Å². The van der Waals surface area contributed by atoms with Crippen LogP contribution < -0.4 is 5.32 Å². The minimum Gasteiger partial charge on any atom is -0.314 e. The molecule has 1 fully saturated rings. The second kappa shape index (κ2) is 3.83. The number of hydroxylamine groups is 2. The lowest BCUT2D eigenvalue weighted by atomic mass is 10.3. The highest BCUT2D eigenvalue weighted by atomic mass is 31.2. The van der Waals surface area contributed by atoms with E-state index in [-0.39, 0.29) is 6.04 Å². The number of rotatable bonds is 2. The van der Waals surface area contributed by atoms with Crippen molar-refractivity contribution in [3.05, 3.63) is 0 Å². The summed E-state index contributed by atoms with van der Waals surface area (Å²) in [6.45, 7) is 3.69. The van der Waals surface area contributed by atoms with Gasteiger partial charge in [-0.3, -0.25) is 0 Å². The maximum Gasteiger partial charge on any atom is 0.486 e. The first kappa shape index (κ1) is 10.1. The van der Waals surface area contributed by atoms with Crippen molar-refractivity contribution in [2.45, 2.75) is 13.0 Å². The van der Waals surface area contributed by atoms with Crippen LogP contribution in [0.3, 0.4) is 0 Å². The second-order valence-electron chi connectivity index (χ2n) is 2.77. The van der Waals surface area contributed by atoms with Crippen LogP contribution >= 0.6 is 7.82 Å². The molecule has 0 aliphatic carbocycles. The van der Waals surface area contributed by atoms with Crippen LogP contribution in [-0.4, -0.2) is 40.5 Å². The van der Waals surface area contributed by atoms with Gasteiger partial charge in [-0.25, -0.2) is 4.57 Å². The summed E-state index contributed by atoms with van der Waals surface area (Å²) in [6.07, 6.45) is 0. The molecule has 6 nitrogen and oxygen atoms in total. The Hall–Kier alpha value is 0.0300. The van der Waals surface area contributed by atoms with E-state index in [1.54, 1.807) is 0 Å². The normalized spacial score (nSPS) is 27.4. The predicted molar refractivity (Wildman–Crippen MR) is 42.2 cm³/mol. The fourth-order valence-corrected chi connectivity index (χ4v) is 1.60. The van der Waals surface area contributed by atoms with Crippen molar-refractivity contribution >= 4 is 7.82 Å². The Bertz CT molecular complexity index is 194. The average molecular weight is 196 g/mol.